The van der Waals surface area contributed by atoms with Crippen molar-refractivity contribution in [2.75, 3.05) is 6.54 Å². The van der Waals surface area contributed by atoms with Gasteiger partial charge in [0.15, 0.2) is 0 Å². The van der Waals surface area contributed by atoms with E-state index in [1.165, 1.54) is 0 Å². The monoisotopic (exact) mass is 263 g/mol. The Labute approximate surface area is 113 Å². The van der Waals surface area contributed by atoms with E-state index < -0.39 is 12.0 Å². The first-order chi connectivity index (χ1) is 9.18. The fraction of sp³-hybridized carbons (Fsp3) is 0.733. The lowest BCUT2D eigenvalue weighted by Crippen LogP contribution is -2.46. The van der Waals surface area contributed by atoms with Gasteiger partial charge in [-0.05, 0) is 43.9 Å². The van der Waals surface area contributed by atoms with Crippen molar-refractivity contribution in [3.8, 4) is 0 Å². The molecule has 1 saturated carbocycles. The van der Waals surface area contributed by atoms with Crippen molar-refractivity contribution in [3.05, 3.63) is 12.2 Å². The number of allylic oxidation sites excluding steroid dienone is 2. The summed E-state index contributed by atoms with van der Waals surface area (Å²) in [6.07, 6.45) is 9.92. The maximum atomic E-state index is 12.6. The molecule has 0 aromatic carbocycles. The average Bonchev–Trinajstić information content (AvgIpc) is 2.98. The number of hydrogen-bond acceptors (Lipinski definition) is 2. The Morgan fingerprint density at radius 2 is 2.00 bits per heavy atom. The highest BCUT2D eigenvalue weighted by molar-refractivity contribution is 5.86. The molecule has 1 amide bonds. The molecule has 3 aliphatic rings. The minimum absolute atomic E-state index is 0.00526. The molecule has 0 radical (unpaired) electrons. The summed E-state index contributed by atoms with van der Waals surface area (Å²) in [6, 6.07) is -0.564. The van der Waals surface area contributed by atoms with Crippen LogP contribution in [0.1, 0.15) is 38.5 Å². The van der Waals surface area contributed by atoms with Crippen LogP contribution in [0.25, 0.3) is 0 Å². The summed E-state index contributed by atoms with van der Waals surface area (Å²) in [5.41, 5.74) is 0. The first kappa shape index (κ1) is 12.7. The SMILES string of the molecule is O=C(O)C1C2CCCC2CN1C(=O)C1CC=CCC1. The highest BCUT2D eigenvalue weighted by Gasteiger charge is 2.50. The van der Waals surface area contributed by atoms with Crippen LogP contribution in [0.2, 0.25) is 0 Å². The highest BCUT2D eigenvalue weighted by Crippen LogP contribution is 2.43. The van der Waals surface area contributed by atoms with E-state index in [9.17, 15) is 14.7 Å². The van der Waals surface area contributed by atoms with Gasteiger partial charge >= 0.3 is 5.97 Å². The van der Waals surface area contributed by atoms with E-state index >= 15 is 0 Å². The van der Waals surface area contributed by atoms with Crippen molar-refractivity contribution >= 4 is 11.9 Å². The molecule has 0 aromatic heterocycles. The van der Waals surface area contributed by atoms with E-state index in [1.54, 1.807) is 4.90 Å². The Bertz CT molecular complexity index is 418. The van der Waals surface area contributed by atoms with E-state index in [0.29, 0.717) is 12.5 Å². The van der Waals surface area contributed by atoms with Crippen LogP contribution in [0.3, 0.4) is 0 Å². The van der Waals surface area contributed by atoms with Crippen molar-refractivity contribution in [3.63, 3.8) is 0 Å². The second-order valence-electron chi connectivity index (χ2n) is 6.11. The molecule has 4 unspecified atom stereocenters. The first-order valence-corrected chi connectivity index (χ1v) is 7.36. The van der Waals surface area contributed by atoms with Crippen LogP contribution in [-0.4, -0.2) is 34.5 Å². The van der Waals surface area contributed by atoms with Crippen LogP contribution >= 0.6 is 0 Å². The largest absolute Gasteiger partial charge is 0.480 e. The van der Waals surface area contributed by atoms with Gasteiger partial charge in [0, 0.05) is 12.5 Å². The molecule has 2 fully saturated rings. The number of carbonyl (C=O) groups excluding carboxylic acids is 1. The lowest BCUT2D eigenvalue weighted by atomic mass is 9.92. The Balaban J connectivity index is 1.77. The molecular formula is C15H21NO3. The Kier molecular flexibility index (Phi) is 3.33. The molecule has 1 saturated heterocycles. The number of nitrogens with zero attached hydrogens (tertiary/aromatic N) is 1. The number of carbonyl (C=O) groups is 2. The summed E-state index contributed by atoms with van der Waals surface area (Å²) >= 11 is 0. The molecule has 2 aliphatic carbocycles. The van der Waals surface area contributed by atoms with E-state index in [1.807, 2.05) is 0 Å². The molecule has 4 heteroatoms. The third-order valence-corrected chi connectivity index (χ3v) is 5.04. The molecule has 0 bridgehead atoms. The standard InChI is InChI=1S/C15H21NO3/c17-14(10-5-2-1-3-6-10)16-9-11-7-4-8-12(11)13(16)15(18)19/h1-2,10-13H,3-9H2,(H,18,19). The van der Waals surface area contributed by atoms with Crippen molar-refractivity contribution in [1.29, 1.82) is 0 Å². The summed E-state index contributed by atoms with van der Waals surface area (Å²) in [4.78, 5) is 25.8. The maximum absolute atomic E-state index is 12.6. The first-order valence-electron chi connectivity index (χ1n) is 7.36. The van der Waals surface area contributed by atoms with Crippen molar-refractivity contribution in [1.82, 2.24) is 4.90 Å². The number of aliphatic carboxylic acids is 1. The second-order valence-corrected chi connectivity index (χ2v) is 6.11. The summed E-state index contributed by atoms with van der Waals surface area (Å²) in [6.45, 7) is 0.667. The molecule has 104 valence electrons. The lowest BCUT2D eigenvalue weighted by molar-refractivity contribution is -0.151. The molecule has 3 rings (SSSR count). The lowest BCUT2D eigenvalue weighted by Gasteiger charge is -2.29. The third-order valence-electron chi connectivity index (χ3n) is 5.04. The topological polar surface area (TPSA) is 57.6 Å². The van der Waals surface area contributed by atoms with Gasteiger partial charge in [-0.3, -0.25) is 4.79 Å². The van der Waals surface area contributed by atoms with E-state index in [0.717, 1.165) is 38.5 Å². The van der Waals surface area contributed by atoms with E-state index in [4.69, 9.17) is 0 Å². The summed E-state index contributed by atoms with van der Waals surface area (Å²) in [5, 5.41) is 9.47. The van der Waals surface area contributed by atoms with Gasteiger partial charge in [0.2, 0.25) is 5.91 Å². The number of likely N-dealkylation sites (tertiary alicyclic amines) is 1. The molecule has 0 aromatic rings. The maximum Gasteiger partial charge on any atom is 0.326 e. The Morgan fingerprint density at radius 1 is 1.16 bits per heavy atom. The molecule has 0 spiro atoms. The van der Waals surface area contributed by atoms with Gasteiger partial charge in [-0.15, -0.1) is 0 Å². The van der Waals surface area contributed by atoms with Crippen molar-refractivity contribution in [2.45, 2.75) is 44.6 Å². The van der Waals surface area contributed by atoms with E-state index in [2.05, 4.69) is 12.2 Å². The van der Waals surface area contributed by atoms with Gasteiger partial charge in [-0.25, -0.2) is 4.79 Å². The molecule has 19 heavy (non-hydrogen) atoms. The van der Waals surface area contributed by atoms with Crippen molar-refractivity contribution in [2.24, 2.45) is 17.8 Å². The second kappa shape index (κ2) is 4.99. The van der Waals surface area contributed by atoms with Crippen LogP contribution in [0, 0.1) is 17.8 Å². The average molecular weight is 263 g/mol. The smallest absolute Gasteiger partial charge is 0.326 e. The third kappa shape index (κ3) is 2.17. The fourth-order valence-electron chi connectivity index (χ4n) is 4.10. The van der Waals surface area contributed by atoms with Crippen molar-refractivity contribution < 1.29 is 14.7 Å². The number of amides is 1. The van der Waals surface area contributed by atoms with Gasteiger partial charge in [0.05, 0.1) is 0 Å². The van der Waals surface area contributed by atoms with Crippen LogP contribution in [0.5, 0.6) is 0 Å². The zero-order valence-corrected chi connectivity index (χ0v) is 11.1. The Morgan fingerprint density at radius 3 is 2.68 bits per heavy atom. The number of carboxylic acids is 1. The van der Waals surface area contributed by atoms with Crippen LogP contribution in [0.4, 0.5) is 0 Å². The molecule has 1 N–H and O–H groups in total. The number of fused-ring (bicyclic) bond motifs is 1. The minimum atomic E-state index is -0.811. The number of carboxylic acid groups (broad SMARTS) is 1. The molecule has 1 aliphatic heterocycles. The molecule has 4 atom stereocenters. The van der Waals surface area contributed by atoms with Gasteiger partial charge in [-0.2, -0.15) is 0 Å². The summed E-state index contributed by atoms with van der Waals surface area (Å²) < 4.78 is 0. The molecular weight excluding hydrogens is 242 g/mol. The zero-order valence-electron chi connectivity index (χ0n) is 11.1. The van der Waals surface area contributed by atoms with Crippen LogP contribution < -0.4 is 0 Å². The zero-order chi connectivity index (χ0) is 13.4. The number of rotatable bonds is 2. The van der Waals surface area contributed by atoms with E-state index in [-0.39, 0.29) is 17.7 Å². The summed E-state index contributed by atoms with van der Waals surface area (Å²) in [5.74, 6) is -0.115. The Hall–Kier alpha value is -1.32. The molecule has 1 heterocycles. The van der Waals surface area contributed by atoms with Gasteiger partial charge in [-0.1, -0.05) is 18.6 Å². The minimum Gasteiger partial charge on any atom is -0.480 e. The molecule has 4 nitrogen and oxygen atoms in total. The normalized spacial score (nSPS) is 37.4. The van der Waals surface area contributed by atoms with Crippen LogP contribution in [0.15, 0.2) is 12.2 Å². The van der Waals surface area contributed by atoms with Gasteiger partial charge < -0.3 is 10.0 Å². The predicted octanol–water partition coefficient (Wildman–Crippen LogP) is 2.05. The quantitative estimate of drug-likeness (QED) is 0.776. The highest BCUT2D eigenvalue weighted by atomic mass is 16.4. The van der Waals surface area contributed by atoms with Crippen LogP contribution in [-0.2, 0) is 9.59 Å². The van der Waals surface area contributed by atoms with Gasteiger partial charge in [0.1, 0.15) is 6.04 Å². The number of hydrogen-bond donors (Lipinski definition) is 1. The predicted molar refractivity (Wildman–Crippen MR) is 70.4 cm³/mol. The van der Waals surface area contributed by atoms with Gasteiger partial charge in [0.25, 0.3) is 0 Å². The fourth-order valence-corrected chi connectivity index (χ4v) is 4.10. The summed E-state index contributed by atoms with van der Waals surface area (Å²) in [7, 11) is 0.